The first-order chi connectivity index (χ1) is 17.5. The zero-order valence-electron chi connectivity index (χ0n) is 21.6. The summed E-state index contributed by atoms with van der Waals surface area (Å²) in [5, 5.41) is 10.7. The number of amides is 3. The molecule has 4 bridgehead atoms. The Bertz CT molecular complexity index is 1220. The zero-order chi connectivity index (χ0) is 26.4. The molecule has 1 heterocycles. The second-order valence-corrected chi connectivity index (χ2v) is 11.5. The van der Waals surface area contributed by atoms with Crippen molar-refractivity contribution in [3.63, 3.8) is 0 Å². The first-order valence-corrected chi connectivity index (χ1v) is 12.9. The lowest BCUT2D eigenvalue weighted by molar-refractivity contribution is -0.137. The van der Waals surface area contributed by atoms with Gasteiger partial charge in [0.15, 0.2) is 0 Å². The molecule has 1 aromatic heterocycles. The maximum absolute atomic E-state index is 13.7. The van der Waals surface area contributed by atoms with Gasteiger partial charge in [-0.2, -0.15) is 5.10 Å². The Kier molecular flexibility index (Phi) is 6.33. The number of benzene rings is 1. The standard InChI is InChI=1S/C28H35N5O4/c1-17(34)32-27(2,3)9-10-33-24(19-7-5-4-6-8-19)22(16-30-33)25(35)31-23-20-11-18-12-21(23)15-28(13-18,14-20)37-26(29)36/h4-10,16,18,20-21,23H,11-15H2,1-3H3,(H2,29,36)(H,31,35)(H,32,34)/b10-9+. The third-order valence-corrected chi connectivity index (χ3v) is 8.05. The molecular weight excluding hydrogens is 470 g/mol. The molecule has 2 aromatic rings. The van der Waals surface area contributed by atoms with E-state index in [9.17, 15) is 14.4 Å². The summed E-state index contributed by atoms with van der Waals surface area (Å²) in [6.07, 6.45) is 8.91. The molecule has 37 heavy (non-hydrogen) atoms. The van der Waals surface area contributed by atoms with Gasteiger partial charge < -0.3 is 21.1 Å². The van der Waals surface area contributed by atoms with E-state index < -0.39 is 17.2 Å². The number of carbonyl (C=O) groups is 3. The van der Waals surface area contributed by atoms with Crippen molar-refractivity contribution in [2.75, 3.05) is 0 Å². The molecular formula is C28H35N5O4. The summed E-state index contributed by atoms with van der Waals surface area (Å²) in [6, 6.07) is 9.70. The van der Waals surface area contributed by atoms with Gasteiger partial charge in [-0.15, -0.1) is 0 Å². The summed E-state index contributed by atoms with van der Waals surface area (Å²) < 4.78 is 7.31. The molecule has 4 aliphatic carbocycles. The van der Waals surface area contributed by atoms with Crippen molar-refractivity contribution in [1.29, 1.82) is 0 Å². The Balaban J connectivity index is 1.40. The lowest BCUT2D eigenvalue weighted by Crippen LogP contribution is -2.63. The van der Waals surface area contributed by atoms with Crippen LogP contribution in [0.15, 0.2) is 42.6 Å². The van der Waals surface area contributed by atoms with Gasteiger partial charge in [-0.1, -0.05) is 30.3 Å². The highest BCUT2D eigenvalue weighted by molar-refractivity contribution is 6.00. The van der Waals surface area contributed by atoms with Crippen molar-refractivity contribution in [2.45, 2.75) is 70.1 Å². The number of hydrogen-bond donors (Lipinski definition) is 3. The quantitative estimate of drug-likeness (QED) is 0.528. The lowest BCUT2D eigenvalue weighted by atomic mass is 9.52. The second-order valence-electron chi connectivity index (χ2n) is 11.5. The van der Waals surface area contributed by atoms with Crippen LogP contribution in [0.25, 0.3) is 17.5 Å². The molecule has 4 fully saturated rings. The van der Waals surface area contributed by atoms with Crippen molar-refractivity contribution in [2.24, 2.45) is 23.5 Å². The van der Waals surface area contributed by atoms with Gasteiger partial charge in [0, 0.05) is 24.7 Å². The fourth-order valence-corrected chi connectivity index (χ4v) is 7.03. The van der Waals surface area contributed by atoms with Gasteiger partial charge in [0.25, 0.3) is 5.91 Å². The van der Waals surface area contributed by atoms with Crippen LogP contribution in [0.2, 0.25) is 0 Å². The molecule has 196 valence electrons. The van der Waals surface area contributed by atoms with Crippen LogP contribution >= 0.6 is 0 Å². The number of nitrogens with one attached hydrogen (secondary N) is 2. The zero-order valence-corrected chi connectivity index (χ0v) is 21.6. The van der Waals surface area contributed by atoms with Crippen LogP contribution < -0.4 is 16.4 Å². The first-order valence-electron chi connectivity index (χ1n) is 12.9. The number of nitrogens with two attached hydrogens (primary N) is 1. The average molecular weight is 506 g/mol. The van der Waals surface area contributed by atoms with Gasteiger partial charge in [0.1, 0.15) is 5.60 Å². The number of hydrogen-bond acceptors (Lipinski definition) is 5. The first kappa shape index (κ1) is 25.0. The second kappa shape index (κ2) is 9.36. The van der Waals surface area contributed by atoms with Crippen molar-refractivity contribution >= 4 is 24.1 Å². The number of carbonyl (C=O) groups excluding carboxylic acids is 3. The van der Waals surface area contributed by atoms with Crippen LogP contribution in [0.3, 0.4) is 0 Å². The minimum absolute atomic E-state index is 0.0230. The highest BCUT2D eigenvalue weighted by Crippen LogP contribution is 2.57. The molecule has 0 spiro atoms. The third-order valence-electron chi connectivity index (χ3n) is 8.05. The average Bonchev–Trinajstić information content (AvgIpc) is 3.23. The molecule has 4 N–H and O–H groups in total. The summed E-state index contributed by atoms with van der Waals surface area (Å²) in [7, 11) is 0. The predicted molar refractivity (Wildman–Crippen MR) is 139 cm³/mol. The number of aromatic nitrogens is 2. The van der Waals surface area contributed by atoms with Crippen molar-refractivity contribution in [3.8, 4) is 11.3 Å². The minimum Gasteiger partial charge on any atom is -0.443 e. The summed E-state index contributed by atoms with van der Waals surface area (Å²) in [5.74, 6) is 0.718. The SMILES string of the molecule is CC(=O)NC(C)(C)/C=C/n1ncc(C(=O)NC2C3CC4CC2CC(OC(N)=O)(C4)C3)c1-c1ccccc1. The van der Waals surface area contributed by atoms with E-state index in [-0.39, 0.29) is 29.7 Å². The van der Waals surface area contributed by atoms with E-state index in [2.05, 4.69) is 15.7 Å². The van der Waals surface area contributed by atoms with Gasteiger partial charge >= 0.3 is 6.09 Å². The van der Waals surface area contributed by atoms with Crippen molar-refractivity contribution in [1.82, 2.24) is 20.4 Å². The van der Waals surface area contributed by atoms with E-state index in [1.807, 2.05) is 50.3 Å². The van der Waals surface area contributed by atoms with E-state index in [1.54, 1.807) is 17.1 Å². The molecule has 9 nitrogen and oxygen atoms in total. The Labute approximate surface area is 216 Å². The van der Waals surface area contributed by atoms with Crippen LogP contribution in [0.4, 0.5) is 4.79 Å². The van der Waals surface area contributed by atoms with E-state index in [0.29, 0.717) is 17.2 Å². The molecule has 3 amide bonds. The van der Waals surface area contributed by atoms with Gasteiger partial charge in [0.2, 0.25) is 5.91 Å². The van der Waals surface area contributed by atoms with E-state index in [1.165, 1.54) is 6.92 Å². The molecule has 2 atom stereocenters. The van der Waals surface area contributed by atoms with Gasteiger partial charge in [-0.05, 0) is 69.8 Å². The summed E-state index contributed by atoms with van der Waals surface area (Å²) >= 11 is 0. The van der Waals surface area contributed by atoms with Crippen molar-refractivity contribution < 1.29 is 19.1 Å². The predicted octanol–water partition coefficient (Wildman–Crippen LogP) is 3.71. The number of ether oxygens (including phenoxy) is 1. The largest absolute Gasteiger partial charge is 0.443 e. The van der Waals surface area contributed by atoms with Gasteiger partial charge in [-0.25, -0.2) is 9.48 Å². The minimum atomic E-state index is -0.711. The van der Waals surface area contributed by atoms with Crippen LogP contribution in [-0.2, 0) is 9.53 Å². The Morgan fingerprint density at radius 3 is 2.43 bits per heavy atom. The Morgan fingerprint density at radius 1 is 1.14 bits per heavy atom. The molecule has 0 saturated heterocycles. The Morgan fingerprint density at radius 2 is 1.81 bits per heavy atom. The van der Waals surface area contributed by atoms with Crippen molar-refractivity contribution in [3.05, 3.63) is 48.2 Å². The fraction of sp³-hybridized carbons (Fsp3) is 0.500. The topological polar surface area (TPSA) is 128 Å². The highest BCUT2D eigenvalue weighted by atomic mass is 16.6. The molecule has 4 saturated carbocycles. The lowest BCUT2D eigenvalue weighted by Gasteiger charge is -2.58. The maximum Gasteiger partial charge on any atom is 0.405 e. The van der Waals surface area contributed by atoms with E-state index >= 15 is 0 Å². The number of rotatable bonds is 7. The molecule has 4 aliphatic rings. The molecule has 1 aromatic carbocycles. The van der Waals surface area contributed by atoms with E-state index in [0.717, 1.165) is 37.7 Å². The van der Waals surface area contributed by atoms with Gasteiger partial charge in [0.05, 0.1) is 23.0 Å². The molecule has 2 unspecified atom stereocenters. The smallest absolute Gasteiger partial charge is 0.405 e. The van der Waals surface area contributed by atoms with Gasteiger partial charge in [-0.3, -0.25) is 9.59 Å². The summed E-state index contributed by atoms with van der Waals surface area (Å²) in [4.78, 5) is 36.8. The molecule has 0 aliphatic heterocycles. The van der Waals surface area contributed by atoms with Crippen LogP contribution in [0, 0.1) is 17.8 Å². The van der Waals surface area contributed by atoms with E-state index in [4.69, 9.17) is 10.5 Å². The summed E-state index contributed by atoms with van der Waals surface area (Å²) in [6.45, 7) is 5.27. The molecule has 6 rings (SSSR count). The van der Waals surface area contributed by atoms with Crippen LogP contribution in [0.1, 0.15) is 63.2 Å². The number of primary amides is 1. The summed E-state index contributed by atoms with van der Waals surface area (Å²) in [5.41, 5.74) is 6.37. The van der Waals surface area contributed by atoms with Crippen LogP contribution in [-0.4, -0.2) is 44.9 Å². The molecule has 9 heteroatoms. The normalized spacial score (nSPS) is 28.3. The monoisotopic (exact) mass is 505 g/mol. The number of nitrogens with zero attached hydrogens (tertiary/aromatic N) is 2. The maximum atomic E-state index is 13.7. The highest BCUT2D eigenvalue weighted by Gasteiger charge is 2.57. The fourth-order valence-electron chi connectivity index (χ4n) is 7.03. The third kappa shape index (κ3) is 5.12. The molecule has 0 radical (unpaired) electrons. The Hall–Kier alpha value is -3.62. The van der Waals surface area contributed by atoms with Crippen LogP contribution in [0.5, 0.6) is 0 Å².